The number of thiazole rings is 1. The standard InChI is InChI=1S/C7H9N3O3S/c1-10(2)9-5(11)6-8-4(3-14-6)7(12)13/h3H,1-2H3,(H,9,11)(H,12,13). The molecule has 0 bridgehead atoms. The van der Waals surface area contributed by atoms with Crippen molar-refractivity contribution in [3.05, 3.63) is 16.1 Å². The van der Waals surface area contributed by atoms with Crippen molar-refractivity contribution in [2.24, 2.45) is 0 Å². The Morgan fingerprint density at radius 1 is 1.57 bits per heavy atom. The molecule has 1 rings (SSSR count). The van der Waals surface area contributed by atoms with Crippen molar-refractivity contribution in [2.45, 2.75) is 0 Å². The normalized spacial score (nSPS) is 10.2. The zero-order valence-electron chi connectivity index (χ0n) is 7.64. The molecule has 0 unspecified atom stereocenters. The first-order chi connectivity index (χ1) is 6.50. The number of nitrogens with zero attached hydrogens (tertiary/aromatic N) is 2. The molecule has 2 N–H and O–H groups in total. The quantitative estimate of drug-likeness (QED) is 0.696. The first kappa shape index (κ1) is 10.6. The molecule has 0 aliphatic rings. The van der Waals surface area contributed by atoms with Crippen molar-refractivity contribution in [3.8, 4) is 0 Å². The molecule has 1 heterocycles. The highest BCUT2D eigenvalue weighted by Gasteiger charge is 2.14. The van der Waals surface area contributed by atoms with Gasteiger partial charge in [0.15, 0.2) is 10.7 Å². The van der Waals surface area contributed by atoms with Gasteiger partial charge in [0.05, 0.1) is 0 Å². The average Bonchev–Trinajstić information content (AvgIpc) is 2.50. The van der Waals surface area contributed by atoms with E-state index in [0.29, 0.717) is 0 Å². The minimum Gasteiger partial charge on any atom is -0.476 e. The number of hydrazine groups is 1. The molecular formula is C7H9N3O3S. The van der Waals surface area contributed by atoms with Gasteiger partial charge in [0, 0.05) is 19.5 Å². The monoisotopic (exact) mass is 215 g/mol. The van der Waals surface area contributed by atoms with Crippen molar-refractivity contribution >= 4 is 23.2 Å². The largest absolute Gasteiger partial charge is 0.476 e. The number of carbonyl (C=O) groups is 2. The number of aromatic carboxylic acids is 1. The number of amides is 1. The Hall–Kier alpha value is -1.47. The van der Waals surface area contributed by atoms with E-state index < -0.39 is 11.9 Å². The Morgan fingerprint density at radius 2 is 2.21 bits per heavy atom. The van der Waals surface area contributed by atoms with E-state index in [2.05, 4.69) is 10.4 Å². The maximum Gasteiger partial charge on any atom is 0.355 e. The fourth-order valence-corrected chi connectivity index (χ4v) is 1.41. The third-order valence-electron chi connectivity index (χ3n) is 1.24. The highest BCUT2D eigenvalue weighted by molar-refractivity contribution is 7.11. The first-order valence-corrected chi connectivity index (χ1v) is 4.56. The zero-order valence-corrected chi connectivity index (χ0v) is 8.46. The second-order valence-corrected chi connectivity index (χ2v) is 3.54. The number of hydrogen-bond acceptors (Lipinski definition) is 5. The van der Waals surface area contributed by atoms with Crippen LogP contribution in [0.4, 0.5) is 0 Å². The van der Waals surface area contributed by atoms with Gasteiger partial charge in [-0.25, -0.2) is 14.8 Å². The lowest BCUT2D eigenvalue weighted by molar-refractivity contribution is 0.0691. The summed E-state index contributed by atoms with van der Waals surface area (Å²) in [7, 11) is 3.31. The predicted molar refractivity (Wildman–Crippen MR) is 50.2 cm³/mol. The summed E-state index contributed by atoms with van der Waals surface area (Å²) in [6.45, 7) is 0. The number of carbonyl (C=O) groups excluding carboxylic acids is 1. The van der Waals surface area contributed by atoms with Crippen LogP contribution in [-0.4, -0.2) is 41.1 Å². The number of carboxylic acid groups (broad SMARTS) is 1. The lowest BCUT2D eigenvalue weighted by Crippen LogP contribution is -2.36. The molecule has 0 saturated carbocycles. The van der Waals surface area contributed by atoms with Crippen LogP contribution in [0.5, 0.6) is 0 Å². The van der Waals surface area contributed by atoms with Crippen LogP contribution in [-0.2, 0) is 0 Å². The second kappa shape index (κ2) is 4.16. The molecule has 76 valence electrons. The molecule has 0 aliphatic carbocycles. The van der Waals surface area contributed by atoms with Gasteiger partial charge in [0.1, 0.15) is 0 Å². The van der Waals surface area contributed by atoms with Crippen LogP contribution in [0, 0.1) is 0 Å². The molecule has 0 atom stereocenters. The number of hydrogen-bond donors (Lipinski definition) is 2. The third kappa shape index (κ3) is 2.51. The van der Waals surface area contributed by atoms with Gasteiger partial charge in [-0.3, -0.25) is 10.2 Å². The van der Waals surface area contributed by atoms with E-state index in [0.717, 1.165) is 11.3 Å². The molecule has 14 heavy (non-hydrogen) atoms. The average molecular weight is 215 g/mol. The van der Waals surface area contributed by atoms with Crippen LogP contribution in [0.3, 0.4) is 0 Å². The van der Waals surface area contributed by atoms with Crippen LogP contribution in [0.1, 0.15) is 20.3 Å². The minimum atomic E-state index is -1.13. The van der Waals surface area contributed by atoms with Gasteiger partial charge in [-0.05, 0) is 0 Å². The van der Waals surface area contributed by atoms with E-state index in [1.54, 1.807) is 14.1 Å². The fraction of sp³-hybridized carbons (Fsp3) is 0.286. The van der Waals surface area contributed by atoms with E-state index in [4.69, 9.17) is 5.11 Å². The van der Waals surface area contributed by atoms with Gasteiger partial charge in [-0.2, -0.15) is 0 Å². The van der Waals surface area contributed by atoms with Crippen LogP contribution in [0.25, 0.3) is 0 Å². The van der Waals surface area contributed by atoms with E-state index in [9.17, 15) is 9.59 Å². The van der Waals surface area contributed by atoms with E-state index in [1.807, 2.05) is 0 Å². The summed E-state index contributed by atoms with van der Waals surface area (Å²) in [6, 6.07) is 0. The summed E-state index contributed by atoms with van der Waals surface area (Å²) in [4.78, 5) is 25.4. The lowest BCUT2D eigenvalue weighted by Gasteiger charge is -2.09. The van der Waals surface area contributed by atoms with Crippen molar-refractivity contribution in [1.82, 2.24) is 15.4 Å². The summed E-state index contributed by atoms with van der Waals surface area (Å²) in [5.74, 6) is -1.54. The Bertz CT molecular complexity index is 361. The van der Waals surface area contributed by atoms with Crippen molar-refractivity contribution < 1.29 is 14.7 Å². The molecule has 0 spiro atoms. The zero-order chi connectivity index (χ0) is 10.7. The van der Waals surface area contributed by atoms with Crippen LogP contribution in [0.2, 0.25) is 0 Å². The Morgan fingerprint density at radius 3 is 2.64 bits per heavy atom. The van der Waals surface area contributed by atoms with Crippen molar-refractivity contribution in [3.63, 3.8) is 0 Å². The number of rotatable bonds is 3. The topological polar surface area (TPSA) is 82.5 Å². The van der Waals surface area contributed by atoms with Crippen LogP contribution < -0.4 is 5.43 Å². The number of carboxylic acids is 1. The SMILES string of the molecule is CN(C)NC(=O)c1nc(C(=O)O)cs1. The van der Waals surface area contributed by atoms with Gasteiger partial charge in [0.2, 0.25) is 0 Å². The summed E-state index contributed by atoms with van der Waals surface area (Å²) in [5.41, 5.74) is 2.35. The molecule has 7 heteroatoms. The molecule has 0 saturated heterocycles. The molecule has 6 nitrogen and oxygen atoms in total. The maximum atomic E-state index is 11.3. The molecule has 0 radical (unpaired) electrons. The summed E-state index contributed by atoms with van der Waals surface area (Å²) >= 11 is 0.997. The Kier molecular flexibility index (Phi) is 3.15. The molecule has 0 aliphatic heterocycles. The predicted octanol–water partition coefficient (Wildman–Crippen LogP) is 0.0477. The number of nitrogens with one attached hydrogen (secondary N) is 1. The number of aromatic nitrogens is 1. The van der Waals surface area contributed by atoms with Gasteiger partial charge >= 0.3 is 5.97 Å². The first-order valence-electron chi connectivity index (χ1n) is 3.68. The lowest BCUT2D eigenvalue weighted by atomic mass is 10.5. The van der Waals surface area contributed by atoms with Crippen LogP contribution >= 0.6 is 11.3 Å². The molecule has 1 amide bonds. The third-order valence-corrected chi connectivity index (χ3v) is 2.08. The molecule has 0 fully saturated rings. The molecule has 1 aromatic rings. The molecule has 1 aromatic heterocycles. The Balaban J connectivity index is 2.76. The highest BCUT2D eigenvalue weighted by Crippen LogP contribution is 2.09. The summed E-state index contributed by atoms with van der Waals surface area (Å²) < 4.78 is 0. The smallest absolute Gasteiger partial charge is 0.355 e. The van der Waals surface area contributed by atoms with Crippen LogP contribution in [0.15, 0.2) is 5.38 Å². The van der Waals surface area contributed by atoms with Gasteiger partial charge in [0.25, 0.3) is 5.91 Å². The maximum absolute atomic E-state index is 11.3. The van der Waals surface area contributed by atoms with Gasteiger partial charge in [-0.1, -0.05) is 0 Å². The van der Waals surface area contributed by atoms with E-state index in [-0.39, 0.29) is 10.7 Å². The van der Waals surface area contributed by atoms with E-state index >= 15 is 0 Å². The Labute approximate surface area is 84.1 Å². The minimum absolute atomic E-state index is 0.112. The fourth-order valence-electron chi connectivity index (χ4n) is 0.727. The van der Waals surface area contributed by atoms with Crippen molar-refractivity contribution in [1.29, 1.82) is 0 Å². The van der Waals surface area contributed by atoms with Gasteiger partial charge < -0.3 is 5.11 Å². The summed E-state index contributed by atoms with van der Waals surface area (Å²) in [6.07, 6.45) is 0. The second-order valence-electron chi connectivity index (χ2n) is 2.68. The molecule has 0 aromatic carbocycles. The van der Waals surface area contributed by atoms with Crippen molar-refractivity contribution in [2.75, 3.05) is 14.1 Å². The summed E-state index contributed by atoms with van der Waals surface area (Å²) in [5, 5.41) is 11.5. The molecular weight excluding hydrogens is 206 g/mol. The van der Waals surface area contributed by atoms with Gasteiger partial charge in [-0.15, -0.1) is 11.3 Å². The highest BCUT2D eigenvalue weighted by atomic mass is 32.1. The van der Waals surface area contributed by atoms with E-state index in [1.165, 1.54) is 10.4 Å².